The first-order chi connectivity index (χ1) is 13.3. The van der Waals surface area contributed by atoms with Gasteiger partial charge >= 0.3 is 0 Å². The highest BCUT2D eigenvalue weighted by Gasteiger charge is 2.29. The Morgan fingerprint density at radius 2 is 1.74 bits per heavy atom. The lowest BCUT2D eigenvalue weighted by atomic mass is 9.82. The van der Waals surface area contributed by atoms with Crippen LogP contribution in [0.2, 0.25) is 0 Å². The van der Waals surface area contributed by atoms with E-state index in [1.54, 1.807) is 0 Å². The van der Waals surface area contributed by atoms with Crippen LogP contribution in [0.4, 0.5) is 0 Å². The van der Waals surface area contributed by atoms with E-state index in [0.717, 1.165) is 42.2 Å². The molecule has 0 spiro atoms. The summed E-state index contributed by atoms with van der Waals surface area (Å²) in [7, 11) is 2.06. The molecule has 3 fully saturated rings. The molecule has 0 bridgehead atoms. The Bertz CT molecular complexity index is 782. The van der Waals surface area contributed by atoms with Crippen LogP contribution >= 0.6 is 0 Å². The van der Waals surface area contributed by atoms with E-state index in [-0.39, 0.29) is 0 Å². The maximum Gasteiger partial charge on any atom is 0.129 e. The third-order valence-electron chi connectivity index (χ3n) is 6.92. The molecule has 2 aromatic heterocycles. The van der Waals surface area contributed by atoms with E-state index in [2.05, 4.69) is 28.1 Å². The predicted molar refractivity (Wildman–Crippen MR) is 106 cm³/mol. The minimum Gasteiger partial charge on any atom is -0.300 e. The average Bonchev–Trinajstić information content (AvgIpc) is 3.38. The van der Waals surface area contributed by atoms with Crippen molar-refractivity contribution in [2.75, 3.05) is 13.1 Å². The van der Waals surface area contributed by atoms with Gasteiger partial charge in [-0.15, -0.1) is 0 Å². The summed E-state index contributed by atoms with van der Waals surface area (Å²) in [4.78, 5) is 12.2. The highest BCUT2D eigenvalue weighted by molar-refractivity contribution is 5.61. The van der Waals surface area contributed by atoms with Crippen molar-refractivity contribution in [3.05, 3.63) is 30.0 Å². The molecule has 0 radical (unpaired) electrons. The maximum absolute atomic E-state index is 4.95. The second kappa shape index (κ2) is 7.34. The Morgan fingerprint density at radius 3 is 2.44 bits per heavy atom. The molecule has 2 aliphatic carbocycles. The summed E-state index contributed by atoms with van der Waals surface area (Å²) in [5.41, 5.74) is 3.59. The summed E-state index contributed by atoms with van der Waals surface area (Å²) >= 11 is 0. The van der Waals surface area contributed by atoms with E-state index < -0.39 is 0 Å². The van der Waals surface area contributed by atoms with Crippen molar-refractivity contribution in [1.82, 2.24) is 24.6 Å². The van der Waals surface area contributed by atoms with Crippen LogP contribution in [-0.4, -0.2) is 43.8 Å². The summed E-state index contributed by atoms with van der Waals surface area (Å²) in [6.07, 6.45) is 15.6. The molecule has 5 heteroatoms. The molecule has 0 atom stereocenters. The minimum atomic E-state index is 0.748. The molecule has 1 aliphatic heterocycles. The van der Waals surface area contributed by atoms with Crippen molar-refractivity contribution in [1.29, 1.82) is 0 Å². The van der Waals surface area contributed by atoms with Crippen LogP contribution in [0.25, 0.3) is 11.3 Å². The fourth-order valence-electron chi connectivity index (χ4n) is 4.84. The van der Waals surface area contributed by atoms with E-state index >= 15 is 0 Å². The lowest BCUT2D eigenvalue weighted by Gasteiger charge is -2.42. The molecule has 0 amide bonds. The first-order valence-electron chi connectivity index (χ1n) is 10.8. The second-order valence-electron chi connectivity index (χ2n) is 8.90. The molecular weight excluding hydrogens is 334 g/mol. The van der Waals surface area contributed by atoms with Crippen LogP contribution < -0.4 is 0 Å². The number of nitrogens with zero attached hydrogens (tertiary/aromatic N) is 5. The maximum atomic E-state index is 4.95. The number of hydrogen-bond donors (Lipinski definition) is 0. The fourth-order valence-corrected chi connectivity index (χ4v) is 4.84. The summed E-state index contributed by atoms with van der Waals surface area (Å²) in [6, 6.07) is 2.90. The molecule has 144 valence electrons. The minimum absolute atomic E-state index is 0.748. The van der Waals surface area contributed by atoms with E-state index in [1.807, 2.05) is 17.1 Å². The molecule has 27 heavy (non-hydrogen) atoms. The Kier molecular flexibility index (Phi) is 4.72. The van der Waals surface area contributed by atoms with Crippen molar-refractivity contribution >= 4 is 0 Å². The Balaban J connectivity index is 1.26. The highest BCUT2D eigenvalue weighted by Crippen LogP contribution is 2.35. The standard InChI is InChI=1S/C22H31N5/c1-26-21(13-16-3-4-16)19(15-24-26)20-9-10-23-22(25-20)14-17-5-7-18(8-6-17)27-11-2-12-27/h9-10,15-18H,2-8,11-14H2,1H3. The average molecular weight is 366 g/mol. The molecule has 0 unspecified atom stereocenters. The monoisotopic (exact) mass is 365 g/mol. The lowest BCUT2D eigenvalue weighted by molar-refractivity contribution is 0.0787. The lowest BCUT2D eigenvalue weighted by Crippen LogP contribution is -2.46. The van der Waals surface area contributed by atoms with Crippen molar-refractivity contribution in [2.24, 2.45) is 18.9 Å². The highest BCUT2D eigenvalue weighted by atomic mass is 15.3. The van der Waals surface area contributed by atoms with Gasteiger partial charge in [-0.2, -0.15) is 5.10 Å². The Morgan fingerprint density at radius 1 is 1.00 bits per heavy atom. The van der Waals surface area contributed by atoms with E-state index in [9.17, 15) is 0 Å². The van der Waals surface area contributed by atoms with Gasteiger partial charge in [-0.05, 0) is 82.4 Å². The first kappa shape index (κ1) is 17.4. The Labute approximate surface area is 162 Å². The number of rotatable bonds is 6. The van der Waals surface area contributed by atoms with Crippen LogP contribution in [0.5, 0.6) is 0 Å². The molecule has 3 heterocycles. The zero-order valence-electron chi connectivity index (χ0n) is 16.5. The molecule has 0 aromatic carbocycles. The van der Waals surface area contributed by atoms with Crippen molar-refractivity contribution < 1.29 is 0 Å². The summed E-state index contributed by atoms with van der Waals surface area (Å²) < 4.78 is 2.03. The van der Waals surface area contributed by atoms with Gasteiger partial charge in [0.2, 0.25) is 0 Å². The van der Waals surface area contributed by atoms with Gasteiger partial charge in [0.05, 0.1) is 11.9 Å². The molecule has 0 N–H and O–H groups in total. The second-order valence-corrected chi connectivity index (χ2v) is 8.90. The first-order valence-corrected chi connectivity index (χ1v) is 10.8. The number of aromatic nitrogens is 4. The third-order valence-corrected chi connectivity index (χ3v) is 6.92. The SMILES string of the molecule is Cn1ncc(-c2ccnc(CC3CCC(N4CCC4)CC3)n2)c1CC1CC1. The smallest absolute Gasteiger partial charge is 0.129 e. The molecular formula is C22H31N5. The zero-order valence-corrected chi connectivity index (χ0v) is 16.5. The molecule has 2 aromatic rings. The number of hydrogen-bond acceptors (Lipinski definition) is 4. The summed E-state index contributed by atoms with van der Waals surface area (Å²) in [6.45, 7) is 2.66. The molecule has 2 saturated carbocycles. The van der Waals surface area contributed by atoms with Gasteiger partial charge in [-0.3, -0.25) is 4.68 Å². The molecule has 1 saturated heterocycles. The van der Waals surface area contributed by atoms with Gasteiger partial charge in [-0.1, -0.05) is 0 Å². The molecule has 5 rings (SSSR count). The molecule has 3 aliphatic rings. The molecule has 5 nitrogen and oxygen atoms in total. The summed E-state index contributed by atoms with van der Waals surface area (Å²) in [5.74, 6) is 2.61. The quantitative estimate of drug-likeness (QED) is 0.784. The van der Waals surface area contributed by atoms with Gasteiger partial charge in [0, 0.05) is 37.0 Å². The van der Waals surface area contributed by atoms with Gasteiger partial charge in [0.1, 0.15) is 5.82 Å². The van der Waals surface area contributed by atoms with Crippen LogP contribution in [0, 0.1) is 11.8 Å². The van der Waals surface area contributed by atoms with Gasteiger partial charge in [-0.25, -0.2) is 9.97 Å². The number of aryl methyl sites for hydroxylation is 1. The van der Waals surface area contributed by atoms with Gasteiger partial charge < -0.3 is 4.90 Å². The van der Waals surface area contributed by atoms with E-state index in [1.165, 1.54) is 69.3 Å². The zero-order chi connectivity index (χ0) is 18.2. The predicted octanol–water partition coefficient (Wildman–Crippen LogP) is 3.64. The van der Waals surface area contributed by atoms with Crippen LogP contribution in [0.3, 0.4) is 0 Å². The van der Waals surface area contributed by atoms with Crippen molar-refractivity contribution in [3.63, 3.8) is 0 Å². The van der Waals surface area contributed by atoms with Gasteiger partial charge in [0.15, 0.2) is 0 Å². The summed E-state index contributed by atoms with van der Waals surface area (Å²) in [5, 5.41) is 4.51. The number of likely N-dealkylation sites (tertiary alicyclic amines) is 1. The van der Waals surface area contributed by atoms with Crippen LogP contribution in [0.1, 0.15) is 56.5 Å². The van der Waals surface area contributed by atoms with Crippen molar-refractivity contribution in [2.45, 2.75) is 63.8 Å². The normalized spacial score (nSPS) is 26.1. The van der Waals surface area contributed by atoms with Crippen LogP contribution in [0.15, 0.2) is 18.5 Å². The van der Waals surface area contributed by atoms with E-state index in [4.69, 9.17) is 4.98 Å². The van der Waals surface area contributed by atoms with E-state index in [0.29, 0.717) is 0 Å². The van der Waals surface area contributed by atoms with Gasteiger partial charge in [0.25, 0.3) is 0 Å². The topological polar surface area (TPSA) is 46.8 Å². The van der Waals surface area contributed by atoms with Crippen LogP contribution in [-0.2, 0) is 19.9 Å². The fraction of sp³-hybridized carbons (Fsp3) is 0.682. The third kappa shape index (κ3) is 3.79. The van der Waals surface area contributed by atoms with Crippen molar-refractivity contribution in [3.8, 4) is 11.3 Å². The Hall–Kier alpha value is -1.75. The largest absolute Gasteiger partial charge is 0.300 e.